The van der Waals surface area contributed by atoms with Gasteiger partial charge in [-0.2, -0.15) is 13.2 Å². The molecule has 1 fully saturated rings. The van der Waals surface area contributed by atoms with Gasteiger partial charge in [-0.1, -0.05) is 25.5 Å². The zero-order valence-corrected chi connectivity index (χ0v) is 13.4. The standard InChI is InChI=1S/C16H20F4N4/c1-3-15(17)9-24(11-6-4-5-7-11)13-12(8-21-10-22-13)23(2)14(15)16(18,19)20/h3,8,10-11,14H,1,4-7,9H2,2H3. The minimum Gasteiger partial charge on any atom is -0.356 e. The van der Waals surface area contributed by atoms with Crippen LogP contribution in [-0.4, -0.2) is 47.5 Å². The fourth-order valence-electron chi connectivity index (χ4n) is 3.86. The van der Waals surface area contributed by atoms with Crippen molar-refractivity contribution in [1.82, 2.24) is 9.97 Å². The van der Waals surface area contributed by atoms with Gasteiger partial charge in [0, 0.05) is 13.1 Å². The van der Waals surface area contributed by atoms with Crippen molar-refractivity contribution >= 4 is 11.5 Å². The molecule has 0 bridgehead atoms. The first-order valence-electron chi connectivity index (χ1n) is 7.96. The molecule has 2 aliphatic rings. The van der Waals surface area contributed by atoms with Gasteiger partial charge in [0.1, 0.15) is 6.33 Å². The topological polar surface area (TPSA) is 32.3 Å². The van der Waals surface area contributed by atoms with E-state index in [1.807, 2.05) is 0 Å². The van der Waals surface area contributed by atoms with Crippen LogP contribution in [0.25, 0.3) is 0 Å². The lowest BCUT2D eigenvalue weighted by molar-refractivity contribution is -0.169. The van der Waals surface area contributed by atoms with Gasteiger partial charge >= 0.3 is 6.18 Å². The van der Waals surface area contributed by atoms with E-state index in [1.54, 1.807) is 4.90 Å². The Morgan fingerprint density at radius 2 is 2.00 bits per heavy atom. The van der Waals surface area contributed by atoms with Crippen molar-refractivity contribution in [2.24, 2.45) is 0 Å². The maximum absolute atomic E-state index is 15.5. The van der Waals surface area contributed by atoms with Crippen LogP contribution in [0.5, 0.6) is 0 Å². The Balaban J connectivity index is 2.15. The highest BCUT2D eigenvalue weighted by molar-refractivity contribution is 5.69. The average Bonchev–Trinajstić information content (AvgIpc) is 3.02. The number of anilines is 2. The van der Waals surface area contributed by atoms with E-state index in [0.717, 1.165) is 36.7 Å². The quantitative estimate of drug-likeness (QED) is 0.607. The Labute approximate surface area is 138 Å². The normalized spacial score (nSPS) is 28.6. The van der Waals surface area contributed by atoms with Crippen LogP contribution in [0.2, 0.25) is 0 Å². The third-order valence-electron chi connectivity index (χ3n) is 4.99. The second kappa shape index (κ2) is 5.89. The van der Waals surface area contributed by atoms with Gasteiger partial charge in [0.25, 0.3) is 0 Å². The van der Waals surface area contributed by atoms with Gasteiger partial charge in [0.15, 0.2) is 17.5 Å². The molecular formula is C16H20F4N4. The number of hydrogen-bond donors (Lipinski definition) is 0. The van der Waals surface area contributed by atoms with Gasteiger partial charge in [-0.3, -0.25) is 0 Å². The molecule has 0 saturated heterocycles. The molecule has 1 aromatic rings. The van der Waals surface area contributed by atoms with Crippen molar-refractivity contribution in [2.45, 2.75) is 49.6 Å². The Morgan fingerprint density at radius 3 is 2.58 bits per heavy atom. The number of fused-ring (bicyclic) bond motifs is 1. The van der Waals surface area contributed by atoms with E-state index in [4.69, 9.17) is 0 Å². The van der Waals surface area contributed by atoms with Crippen molar-refractivity contribution in [3.8, 4) is 0 Å². The molecule has 1 aliphatic heterocycles. The second-order valence-electron chi connectivity index (χ2n) is 6.48. The van der Waals surface area contributed by atoms with E-state index in [-0.39, 0.29) is 11.7 Å². The number of aromatic nitrogens is 2. The van der Waals surface area contributed by atoms with Crippen molar-refractivity contribution in [3.05, 3.63) is 25.2 Å². The summed E-state index contributed by atoms with van der Waals surface area (Å²) in [6.07, 6.45) is 2.22. The zero-order chi connectivity index (χ0) is 17.5. The average molecular weight is 344 g/mol. The maximum Gasteiger partial charge on any atom is 0.412 e. The van der Waals surface area contributed by atoms with E-state index in [9.17, 15) is 13.2 Å². The monoisotopic (exact) mass is 344 g/mol. The van der Waals surface area contributed by atoms with Gasteiger partial charge in [-0.25, -0.2) is 14.4 Å². The molecule has 24 heavy (non-hydrogen) atoms. The van der Waals surface area contributed by atoms with Crippen LogP contribution in [0.4, 0.5) is 29.1 Å². The van der Waals surface area contributed by atoms with Crippen LogP contribution in [0.1, 0.15) is 25.7 Å². The molecule has 0 spiro atoms. The first-order valence-corrected chi connectivity index (χ1v) is 7.96. The molecule has 2 heterocycles. The highest BCUT2D eigenvalue weighted by atomic mass is 19.4. The lowest BCUT2D eigenvalue weighted by atomic mass is 9.93. The third-order valence-corrected chi connectivity index (χ3v) is 4.99. The number of alkyl halides is 4. The molecular weight excluding hydrogens is 324 g/mol. The Kier molecular flexibility index (Phi) is 4.17. The van der Waals surface area contributed by atoms with Crippen molar-refractivity contribution < 1.29 is 17.6 Å². The Bertz CT molecular complexity index is 614. The van der Waals surface area contributed by atoms with Crippen LogP contribution in [-0.2, 0) is 0 Å². The third kappa shape index (κ3) is 2.71. The van der Waals surface area contributed by atoms with E-state index >= 15 is 4.39 Å². The summed E-state index contributed by atoms with van der Waals surface area (Å²) >= 11 is 0. The molecule has 132 valence electrons. The van der Waals surface area contributed by atoms with Gasteiger partial charge in [-0.15, -0.1) is 0 Å². The summed E-state index contributed by atoms with van der Waals surface area (Å²) in [6, 6.07) is -2.35. The highest BCUT2D eigenvalue weighted by Crippen LogP contribution is 2.45. The van der Waals surface area contributed by atoms with E-state index in [2.05, 4.69) is 16.5 Å². The summed E-state index contributed by atoms with van der Waals surface area (Å²) in [5.74, 6) is 0.357. The van der Waals surface area contributed by atoms with Crippen LogP contribution in [0.3, 0.4) is 0 Å². The minimum absolute atomic E-state index is 0.0193. The molecule has 0 N–H and O–H groups in total. The van der Waals surface area contributed by atoms with Gasteiger partial charge in [-0.05, 0) is 12.8 Å². The number of nitrogens with zero attached hydrogens (tertiary/aromatic N) is 4. The predicted molar refractivity (Wildman–Crippen MR) is 83.9 cm³/mol. The minimum atomic E-state index is -4.75. The SMILES string of the molecule is C=CC1(F)CN(C2CCCC2)c2ncncc2N(C)C1C(F)(F)F. The van der Waals surface area contributed by atoms with Crippen LogP contribution < -0.4 is 9.80 Å². The molecule has 2 atom stereocenters. The summed E-state index contributed by atoms with van der Waals surface area (Å²) in [7, 11) is 1.23. The van der Waals surface area contributed by atoms with Crippen molar-refractivity contribution in [2.75, 3.05) is 23.4 Å². The highest BCUT2D eigenvalue weighted by Gasteiger charge is 2.58. The maximum atomic E-state index is 15.5. The Hall–Kier alpha value is -1.86. The van der Waals surface area contributed by atoms with Crippen LogP contribution in [0, 0.1) is 0 Å². The van der Waals surface area contributed by atoms with Crippen molar-refractivity contribution in [3.63, 3.8) is 0 Å². The molecule has 1 saturated carbocycles. The molecule has 8 heteroatoms. The lowest BCUT2D eigenvalue weighted by Gasteiger charge is -2.38. The largest absolute Gasteiger partial charge is 0.412 e. The van der Waals surface area contributed by atoms with Crippen LogP contribution in [0.15, 0.2) is 25.2 Å². The molecule has 1 aliphatic carbocycles. The number of rotatable bonds is 2. The molecule has 3 rings (SSSR count). The van der Waals surface area contributed by atoms with Crippen LogP contribution >= 0.6 is 0 Å². The van der Waals surface area contributed by atoms with E-state index < -0.39 is 24.4 Å². The van der Waals surface area contributed by atoms with Gasteiger partial charge in [0.2, 0.25) is 0 Å². The summed E-state index contributed by atoms with van der Waals surface area (Å²) in [5, 5.41) is 0. The molecule has 0 radical (unpaired) electrons. The summed E-state index contributed by atoms with van der Waals surface area (Å²) in [4.78, 5) is 10.6. The first-order chi connectivity index (χ1) is 11.3. The lowest BCUT2D eigenvalue weighted by Crippen LogP contribution is -2.59. The molecule has 2 unspecified atom stereocenters. The second-order valence-corrected chi connectivity index (χ2v) is 6.48. The number of halogens is 4. The summed E-state index contributed by atoms with van der Waals surface area (Å²) in [5.41, 5.74) is -2.45. The summed E-state index contributed by atoms with van der Waals surface area (Å²) < 4.78 is 56.5. The van der Waals surface area contributed by atoms with Gasteiger partial charge in [0.05, 0.1) is 18.4 Å². The smallest absolute Gasteiger partial charge is 0.356 e. The molecule has 1 aromatic heterocycles. The first kappa shape index (κ1) is 17.0. The molecule has 4 nitrogen and oxygen atoms in total. The fraction of sp³-hybridized carbons (Fsp3) is 0.625. The fourth-order valence-corrected chi connectivity index (χ4v) is 3.86. The van der Waals surface area contributed by atoms with E-state index in [1.165, 1.54) is 19.6 Å². The molecule has 0 amide bonds. The molecule has 0 aromatic carbocycles. The van der Waals surface area contributed by atoms with Gasteiger partial charge < -0.3 is 9.80 Å². The zero-order valence-electron chi connectivity index (χ0n) is 13.4. The Morgan fingerprint density at radius 1 is 1.33 bits per heavy atom. The van der Waals surface area contributed by atoms with Crippen molar-refractivity contribution in [1.29, 1.82) is 0 Å². The predicted octanol–water partition coefficient (Wildman–Crippen LogP) is 3.50. The number of hydrogen-bond acceptors (Lipinski definition) is 4. The van der Waals surface area contributed by atoms with E-state index in [0.29, 0.717) is 5.82 Å². The summed E-state index contributed by atoms with van der Waals surface area (Å²) in [6.45, 7) is 2.94.